The van der Waals surface area contributed by atoms with Crippen molar-refractivity contribution in [1.82, 2.24) is 10.1 Å². The van der Waals surface area contributed by atoms with Crippen molar-refractivity contribution in [2.24, 2.45) is 0 Å². The average Bonchev–Trinajstić information content (AvgIpc) is 2.96. The summed E-state index contributed by atoms with van der Waals surface area (Å²) in [4.78, 5) is 16.2. The van der Waals surface area contributed by atoms with Gasteiger partial charge in [0.25, 0.3) is 0 Å². The third kappa shape index (κ3) is 2.33. The highest BCUT2D eigenvalue weighted by atomic mass is 32.1. The van der Waals surface area contributed by atoms with Crippen LogP contribution in [0.2, 0.25) is 0 Å². The van der Waals surface area contributed by atoms with Crippen LogP contribution in [0.15, 0.2) is 10.9 Å². The zero-order chi connectivity index (χ0) is 13.4. The van der Waals surface area contributed by atoms with Gasteiger partial charge in [0, 0.05) is 12.5 Å². The van der Waals surface area contributed by atoms with Gasteiger partial charge in [0.05, 0.1) is 22.1 Å². The fourth-order valence-corrected chi connectivity index (χ4v) is 3.16. The van der Waals surface area contributed by atoms with E-state index < -0.39 is 0 Å². The average molecular weight is 278 g/mol. The number of nitrogens with two attached hydrogens (primary N) is 1. The van der Waals surface area contributed by atoms with E-state index in [1.165, 1.54) is 17.7 Å². The smallest absolute Gasteiger partial charge is 0.213 e. The summed E-state index contributed by atoms with van der Waals surface area (Å²) in [5.74, 6) is 1.08. The number of aromatic nitrogens is 2. The number of nitrogens with zero attached hydrogens (tertiary/aromatic N) is 2. The normalized spacial score (nSPS) is 14.6. The molecule has 1 saturated carbocycles. The topological polar surface area (TPSA) is 94.0 Å². The first-order valence-electron chi connectivity index (χ1n) is 6.09. The van der Waals surface area contributed by atoms with Crippen LogP contribution in [0.3, 0.4) is 0 Å². The molecule has 2 aromatic rings. The van der Waals surface area contributed by atoms with Gasteiger partial charge in [-0.25, -0.2) is 0 Å². The van der Waals surface area contributed by atoms with Crippen molar-refractivity contribution >= 4 is 27.8 Å². The molecule has 19 heavy (non-hydrogen) atoms. The van der Waals surface area contributed by atoms with E-state index in [1.54, 1.807) is 6.92 Å². The summed E-state index contributed by atoms with van der Waals surface area (Å²) >= 11 is 1.41. The molecule has 6 nitrogen and oxygen atoms in total. The zero-order valence-corrected chi connectivity index (χ0v) is 11.3. The fourth-order valence-electron chi connectivity index (χ4n) is 2.06. The fraction of sp³-hybridized carbons (Fsp3) is 0.417. The molecular formula is C12H14N4O2S. The quantitative estimate of drug-likeness (QED) is 0.816. The first-order valence-corrected chi connectivity index (χ1v) is 6.90. The number of thiophene rings is 1. The van der Waals surface area contributed by atoms with Crippen LogP contribution >= 0.6 is 11.3 Å². The standard InChI is InChI=1S/C12H14N4O2S/c1-6(17)11-10(13)9(7-2-3-7)12(19-11)14-4-8-15-5-18-16-8/h5,7,14H,2-4,13H2,1H3. The van der Waals surface area contributed by atoms with Gasteiger partial charge in [-0.15, -0.1) is 11.3 Å². The third-order valence-corrected chi connectivity index (χ3v) is 4.38. The van der Waals surface area contributed by atoms with E-state index in [0.717, 1.165) is 23.4 Å². The second kappa shape index (κ2) is 4.65. The Balaban J connectivity index is 1.86. The monoisotopic (exact) mass is 278 g/mol. The molecule has 0 aliphatic heterocycles. The maximum absolute atomic E-state index is 11.6. The number of hydrogen-bond donors (Lipinski definition) is 2. The van der Waals surface area contributed by atoms with Gasteiger partial charge in [-0.2, -0.15) is 4.98 Å². The molecule has 0 amide bonds. The minimum absolute atomic E-state index is 0.0111. The molecule has 0 bridgehead atoms. The number of nitrogen functional groups attached to an aromatic ring is 1. The number of carbonyl (C=O) groups is 1. The Morgan fingerprint density at radius 2 is 2.42 bits per heavy atom. The molecule has 1 aliphatic rings. The van der Waals surface area contributed by atoms with Crippen LogP contribution in [-0.2, 0) is 6.54 Å². The van der Waals surface area contributed by atoms with E-state index in [0.29, 0.717) is 28.9 Å². The van der Waals surface area contributed by atoms with E-state index in [4.69, 9.17) is 5.73 Å². The lowest BCUT2D eigenvalue weighted by atomic mass is 10.1. The highest BCUT2D eigenvalue weighted by Crippen LogP contribution is 2.50. The van der Waals surface area contributed by atoms with E-state index in [-0.39, 0.29) is 5.78 Å². The Bertz CT molecular complexity index is 602. The molecule has 100 valence electrons. The number of rotatable bonds is 5. The lowest BCUT2D eigenvalue weighted by Gasteiger charge is -2.04. The first-order chi connectivity index (χ1) is 9.16. The van der Waals surface area contributed by atoms with Crippen molar-refractivity contribution in [1.29, 1.82) is 0 Å². The van der Waals surface area contributed by atoms with E-state index in [1.807, 2.05) is 0 Å². The van der Waals surface area contributed by atoms with Crippen LogP contribution in [0, 0.1) is 0 Å². The minimum atomic E-state index is 0.0111. The van der Waals surface area contributed by atoms with Crippen molar-refractivity contribution in [3.05, 3.63) is 22.7 Å². The maximum Gasteiger partial charge on any atom is 0.213 e. The van der Waals surface area contributed by atoms with Crippen LogP contribution in [0.25, 0.3) is 0 Å². The predicted octanol–water partition coefficient (Wildman–Crippen LogP) is 2.41. The SMILES string of the molecule is CC(=O)c1sc(NCc2ncon2)c(C2CC2)c1N. The Kier molecular flexibility index (Phi) is 2.98. The Hall–Kier alpha value is -1.89. The van der Waals surface area contributed by atoms with Crippen LogP contribution in [0.1, 0.15) is 46.7 Å². The summed E-state index contributed by atoms with van der Waals surface area (Å²) < 4.78 is 4.68. The Morgan fingerprint density at radius 3 is 3.00 bits per heavy atom. The number of Topliss-reactive ketones (excluding diaryl/α,β-unsaturated/α-hetero) is 1. The zero-order valence-electron chi connectivity index (χ0n) is 10.5. The summed E-state index contributed by atoms with van der Waals surface area (Å²) in [5, 5.41) is 7.95. The van der Waals surface area contributed by atoms with Crippen LogP contribution in [-0.4, -0.2) is 15.9 Å². The molecule has 0 radical (unpaired) electrons. The lowest BCUT2D eigenvalue weighted by molar-refractivity contribution is 0.102. The van der Waals surface area contributed by atoms with Crippen molar-refractivity contribution in [2.45, 2.75) is 32.2 Å². The third-order valence-electron chi connectivity index (χ3n) is 3.10. The Morgan fingerprint density at radius 1 is 1.63 bits per heavy atom. The Labute approximate surface area is 114 Å². The van der Waals surface area contributed by atoms with Gasteiger partial charge in [-0.3, -0.25) is 4.79 Å². The molecule has 1 aliphatic carbocycles. The predicted molar refractivity (Wildman–Crippen MR) is 72.3 cm³/mol. The number of anilines is 2. The van der Waals surface area contributed by atoms with Gasteiger partial charge in [-0.05, 0) is 18.8 Å². The van der Waals surface area contributed by atoms with E-state index >= 15 is 0 Å². The molecule has 0 saturated heterocycles. The molecule has 0 unspecified atom stereocenters. The van der Waals surface area contributed by atoms with Crippen molar-refractivity contribution in [3.8, 4) is 0 Å². The molecule has 2 heterocycles. The summed E-state index contributed by atoms with van der Waals surface area (Å²) in [5.41, 5.74) is 7.81. The molecular weight excluding hydrogens is 264 g/mol. The second-order valence-corrected chi connectivity index (χ2v) is 5.64. The van der Waals surface area contributed by atoms with Crippen molar-refractivity contribution in [3.63, 3.8) is 0 Å². The van der Waals surface area contributed by atoms with Gasteiger partial charge >= 0.3 is 0 Å². The molecule has 7 heteroatoms. The second-order valence-electron chi connectivity index (χ2n) is 4.62. The van der Waals surface area contributed by atoms with Gasteiger partial charge in [0.2, 0.25) is 6.39 Å². The number of nitrogens with one attached hydrogen (secondary N) is 1. The summed E-state index contributed by atoms with van der Waals surface area (Å²) in [7, 11) is 0. The molecule has 3 rings (SSSR count). The number of carbonyl (C=O) groups excluding carboxylic acids is 1. The molecule has 0 spiro atoms. The van der Waals surface area contributed by atoms with E-state index in [9.17, 15) is 4.79 Å². The highest BCUT2D eigenvalue weighted by molar-refractivity contribution is 7.18. The van der Waals surface area contributed by atoms with Gasteiger partial charge in [0.1, 0.15) is 0 Å². The summed E-state index contributed by atoms with van der Waals surface area (Å²) in [6.45, 7) is 2.01. The van der Waals surface area contributed by atoms with Crippen LogP contribution < -0.4 is 11.1 Å². The largest absolute Gasteiger partial charge is 0.397 e. The molecule has 2 aromatic heterocycles. The van der Waals surface area contributed by atoms with Crippen molar-refractivity contribution < 1.29 is 9.32 Å². The highest BCUT2D eigenvalue weighted by Gasteiger charge is 2.32. The summed E-state index contributed by atoms with van der Waals surface area (Å²) in [6.07, 6.45) is 3.56. The lowest BCUT2D eigenvalue weighted by Crippen LogP contribution is -2.02. The van der Waals surface area contributed by atoms with Gasteiger partial charge < -0.3 is 15.6 Å². The maximum atomic E-state index is 11.6. The van der Waals surface area contributed by atoms with Crippen LogP contribution in [0.4, 0.5) is 10.7 Å². The molecule has 1 fully saturated rings. The molecule has 0 atom stereocenters. The minimum Gasteiger partial charge on any atom is -0.397 e. The van der Waals surface area contributed by atoms with Crippen molar-refractivity contribution in [2.75, 3.05) is 11.1 Å². The van der Waals surface area contributed by atoms with Crippen LogP contribution in [0.5, 0.6) is 0 Å². The number of ketones is 1. The molecule has 0 aromatic carbocycles. The van der Waals surface area contributed by atoms with E-state index in [2.05, 4.69) is 20.0 Å². The summed E-state index contributed by atoms with van der Waals surface area (Å²) in [6, 6.07) is 0. The first kappa shape index (κ1) is 12.2. The molecule has 3 N–H and O–H groups in total. The van der Waals surface area contributed by atoms with Gasteiger partial charge in [-0.1, -0.05) is 5.16 Å². The number of hydrogen-bond acceptors (Lipinski definition) is 7. The van der Waals surface area contributed by atoms with Gasteiger partial charge in [0.15, 0.2) is 11.6 Å².